The van der Waals surface area contributed by atoms with Gasteiger partial charge in [-0.2, -0.15) is 0 Å². The summed E-state index contributed by atoms with van der Waals surface area (Å²) in [6.45, 7) is 0.991. The summed E-state index contributed by atoms with van der Waals surface area (Å²) in [5.74, 6) is -0.161. The van der Waals surface area contributed by atoms with Crippen molar-refractivity contribution >= 4 is 17.4 Å². The summed E-state index contributed by atoms with van der Waals surface area (Å²) < 4.78 is 14.2. The van der Waals surface area contributed by atoms with Crippen molar-refractivity contribution in [3.8, 4) is 0 Å². The first kappa shape index (κ1) is 17.1. The van der Waals surface area contributed by atoms with Crippen molar-refractivity contribution in [3.05, 3.63) is 59.0 Å². The third-order valence-corrected chi connectivity index (χ3v) is 4.90. The van der Waals surface area contributed by atoms with Crippen LogP contribution in [-0.4, -0.2) is 48.2 Å². The summed E-state index contributed by atoms with van der Waals surface area (Å²) >= 11 is 5.79. The molecule has 2 aromatic rings. The first-order valence-electron chi connectivity index (χ1n) is 7.92. The Morgan fingerprint density at radius 2 is 2.04 bits per heavy atom. The predicted octanol–water partition coefficient (Wildman–Crippen LogP) is 2.90. The summed E-state index contributed by atoms with van der Waals surface area (Å²) in [7, 11) is 3.85. The van der Waals surface area contributed by atoms with Crippen LogP contribution < -0.4 is 4.90 Å². The van der Waals surface area contributed by atoms with Crippen molar-refractivity contribution in [2.45, 2.75) is 18.1 Å². The minimum Gasteiger partial charge on any atom is -0.383 e. The Hall–Kier alpha value is -1.69. The van der Waals surface area contributed by atoms with E-state index in [1.165, 1.54) is 12.3 Å². The molecule has 1 aliphatic rings. The maximum Gasteiger partial charge on any atom is 0.167 e. The molecule has 128 valence electrons. The molecule has 2 atom stereocenters. The molecule has 1 N–H and O–H groups in total. The zero-order valence-corrected chi connectivity index (χ0v) is 14.5. The Morgan fingerprint density at radius 3 is 2.67 bits per heavy atom. The Kier molecular flexibility index (Phi) is 4.76. The van der Waals surface area contributed by atoms with Crippen LogP contribution >= 0.6 is 11.6 Å². The van der Waals surface area contributed by atoms with Crippen LogP contribution in [0.15, 0.2) is 42.6 Å². The first-order valence-corrected chi connectivity index (χ1v) is 8.30. The molecule has 1 saturated heterocycles. The van der Waals surface area contributed by atoms with Gasteiger partial charge in [0.05, 0.1) is 11.1 Å². The van der Waals surface area contributed by atoms with Gasteiger partial charge in [-0.15, -0.1) is 0 Å². The molecule has 3 rings (SSSR count). The van der Waals surface area contributed by atoms with Crippen LogP contribution in [0.2, 0.25) is 5.02 Å². The summed E-state index contributed by atoms with van der Waals surface area (Å²) in [5, 5.41) is 11.6. The molecule has 0 spiro atoms. The second kappa shape index (κ2) is 6.67. The zero-order chi connectivity index (χ0) is 17.3. The van der Waals surface area contributed by atoms with Gasteiger partial charge >= 0.3 is 0 Å². The Morgan fingerprint density at radius 1 is 1.33 bits per heavy atom. The zero-order valence-electron chi connectivity index (χ0n) is 13.8. The predicted molar refractivity (Wildman–Crippen MR) is 93.8 cm³/mol. The van der Waals surface area contributed by atoms with E-state index in [1.54, 1.807) is 0 Å². The maximum atomic E-state index is 14.2. The van der Waals surface area contributed by atoms with Gasteiger partial charge in [0.25, 0.3) is 0 Å². The van der Waals surface area contributed by atoms with E-state index in [2.05, 4.69) is 4.98 Å². The van der Waals surface area contributed by atoms with Gasteiger partial charge in [-0.05, 0) is 32.1 Å². The van der Waals surface area contributed by atoms with Gasteiger partial charge in [0, 0.05) is 19.3 Å². The largest absolute Gasteiger partial charge is 0.383 e. The normalized spacial score (nSPS) is 24.4. The summed E-state index contributed by atoms with van der Waals surface area (Å²) in [6, 6.07) is 10.7. The van der Waals surface area contributed by atoms with Crippen LogP contribution in [0.4, 0.5) is 10.2 Å². The minimum absolute atomic E-state index is 0.189. The number of pyridine rings is 1. The van der Waals surface area contributed by atoms with Gasteiger partial charge in [-0.25, -0.2) is 9.37 Å². The third-order valence-electron chi connectivity index (χ3n) is 4.69. The van der Waals surface area contributed by atoms with Crippen molar-refractivity contribution in [1.82, 2.24) is 9.88 Å². The molecule has 1 aliphatic heterocycles. The second-order valence-electron chi connectivity index (χ2n) is 6.42. The highest BCUT2D eigenvalue weighted by Crippen LogP contribution is 2.37. The fraction of sp³-hybridized carbons (Fsp3) is 0.389. The molecule has 1 aromatic heterocycles. The quantitative estimate of drug-likeness (QED) is 0.925. The first-order chi connectivity index (χ1) is 11.4. The summed E-state index contributed by atoms with van der Waals surface area (Å²) in [6.07, 6.45) is 1.94. The molecule has 1 fully saturated rings. The van der Waals surface area contributed by atoms with Crippen LogP contribution in [0.5, 0.6) is 0 Å². The molecular weight excluding hydrogens is 329 g/mol. The van der Waals surface area contributed by atoms with E-state index < -0.39 is 11.4 Å². The number of halogens is 2. The SMILES string of the molecule is CN(C)[C@@H]1CN(c2ncc(Cl)cc2F)CC[C@]1(O)c1ccccc1. The molecule has 0 saturated carbocycles. The number of nitrogens with zero attached hydrogens (tertiary/aromatic N) is 3. The lowest BCUT2D eigenvalue weighted by atomic mass is 9.80. The fourth-order valence-corrected chi connectivity index (χ4v) is 3.55. The molecular formula is C18H21ClFN3O. The second-order valence-corrected chi connectivity index (χ2v) is 6.86. The minimum atomic E-state index is -0.982. The number of hydrogen-bond acceptors (Lipinski definition) is 4. The standard InChI is InChI=1S/C18H21ClFN3O/c1-22(2)16-12-23(17-15(20)10-14(19)11-21-17)9-8-18(16,24)13-6-4-3-5-7-13/h3-7,10-11,16,24H,8-9,12H2,1-2H3/t16-,18+/m1/s1. The monoisotopic (exact) mass is 349 g/mol. The van der Waals surface area contributed by atoms with Crippen molar-refractivity contribution in [2.24, 2.45) is 0 Å². The molecule has 0 unspecified atom stereocenters. The summed E-state index contributed by atoms with van der Waals surface area (Å²) in [5.41, 5.74) is -0.0997. The average Bonchev–Trinajstić information content (AvgIpc) is 2.56. The molecule has 0 radical (unpaired) electrons. The smallest absolute Gasteiger partial charge is 0.167 e. The van der Waals surface area contributed by atoms with E-state index in [9.17, 15) is 9.50 Å². The van der Waals surface area contributed by atoms with Crippen molar-refractivity contribution in [2.75, 3.05) is 32.1 Å². The number of benzene rings is 1. The maximum absolute atomic E-state index is 14.2. The van der Waals surface area contributed by atoms with Gasteiger partial charge < -0.3 is 14.9 Å². The van der Waals surface area contributed by atoms with Crippen LogP contribution in [0, 0.1) is 5.82 Å². The highest BCUT2D eigenvalue weighted by atomic mass is 35.5. The molecule has 24 heavy (non-hydrogen) atoms. The highest BCUT2D eigenvalue weighted by molar-refractivity contribution is 6.30. The van der Waals surface area contributed by atoms with E-state index in [0.717, 1.165) is 5.56 Å². The number of anilines is 1. The van der Waals surface area contributed by atoms with Crippen LogP contribution in [0.1, 0.15) is 12.0 Å². The van der Waals surface area contributed by atoms with E-state index in [0.29, 0.717) is 19.5 Å². The lowest BCUT2D eigenvalue weighted by Gasteiger charge is -2.48. The van der Waals surface area contributed by atoms with Crippen molar-refractivity contribution in [3.63, 3.8) is 0 Å². The number of rotatable bonds is 3. The van der Waals surface area contributed by atoms with E-state index >= 15 is 0 Å². The molecule has 0 bridgehead atoms. The lowest BCUT2D eigenvalue weighted by molar-refractivity contribution is -0.0528. The van der Waals surface area contributed by atoms with Crippen LogP contribution in [0.3, 0.4) is 0 Å². The van der Waals surface area contributed by atoms with Gasteiger partial charge in [-0.1, -0.05) is 41.9 Å². The van der Waals surface area contributed by atoms with Gasteiger partial charge in [-0.3, -0.25) is 0 Å². The fourth-order valence-electron chi connectivity index (χ4n) is 3.41. The number of likely N-dealkylation sites (N-methyl/N-ethyl adjacent to an activating group) is 1. The number of aliphatic hydroxyl groups is 1. The molecule has 6 heteroatoms. The van der Waals surface area contributed by atoms with E-state index in [1.807, 2.05) is 54.2 Å². The van der Waals surface area contributed by atoms with Crippen molar-refractivity contribution in [1.29, 1.82) is 0 Å². The average molecular weight is 350 g/mol. The molecule has 0 aliphatic carbocycles. The molecule has 0 amide bonds. The van der Waals surface area contributed by atoms with Crippen molar-refractivity contribution < 1.29 is 9.50 Å². The molecule has 1 aromatic carbocycles. The van der Waals surface area contributed by atoms with Gasteiger partial charge in [0.15, 0.2) is 11.6 Å². The lowest BCUT2D eigenvalue weighted by Crippen LogP contribution is -2.59. The Bertz CT molecular complexity index is 713. The Labute approximate surface area is 146 Å². The number of piperidine rings is 1. The Balaban J connectivity index is 1.91. The number of hydrogen-bond donors (Lipinski definition) is 1. The molecule has 2 heterocycles. The number of aromatic nitrogens is 1. The highest BCUT2D eigenvalue weighted by Gasteiger charge is 2.44. The molecule has 4 nitrogen and oxygen atoms in total. The van der Waals surface area contributed by atoms with Gasteiger partial charge in [0.2, 0.25) is 0 Å². The van der Waals surface area contributed by atoms with Crippen LogP contribution in [0.25, 0.3) is 0 Å². The van der Waals surface area contributed by atoms with E-state index in [-0.39, 0.29) is 16.9 Å². The van der Waals surface area contributed by atoms with E-state index in [4.69, 9.17) is 11.6 Å². The van der Waals surface area contributed by atoms with Gasteiger partial charge in [0.1, 0.15) is 5.60 Å². The summed E-state index contributed by atoms with van der Waals surface area (Å²) in [4.78, 5) is 7.98. The topological polar surface area (TPSA) is 39.6 Å². The third kappa shape index (κ3) is 3.11. The van der Waals surface area contributed by atoms with Crippen LogP contribution in [-0.2, 0) is 5.60 Å².